The van der Waals surface area contributed by atoms with E-state index in [1.165, 1.54) is 30.5 Å². The predicted octanol–water partition coefficient (Wildman–Crippen LogP) is 4.31. The van der Waals surface area contributed by atoms with E-state index in [1.54, 1.807) is 36.4 Å². The van der Waals surface area contributed by atoms with Crippen molar-refractivity contribution in [3.05, 3.63) is 100 Å². The summed E-state index contributed by atoms with van der Waals surface area (Å²) in [4.78, 5) is 37.9. The van der Waals surface area contributed by atoms with Gasteiger partial charge in [-0.25, -0.2) is 4.68 Å². The van der Waals surface area contributed by atoms with E-state index in [0.717, 1.165) is 16.8 Å². The SMILES string of the molecule is O=C(Cn1ncc2ccccc2c1=O)Nc1ccccc1C(=O)Nc1cccc(C(F)(F)F)c1. The number of carbonyl (C=O) groups is 2. The number of carbonyl (C=O) groups excluding carboxylic acids is 2. The van der Waals surface area contributed by atoms with E-state index in [4.69, 9.17) is 0 Å². The molecule has 1 aromatic heterocycles. The zero-order valence-electron chi connectivity index (χ0n) is 17.5. The lowest BCUT2D eigenvalue weighted by Crippen LogP contribution is -2.30. The highest BCUT2D eigenvalue weighted by Gasteiger charge is 2.30. The van der Waals surface area contributed by atoms with Crippen LogP contribution in [-0.4, -0.2) is 21.6 Å². The number of aromatic nitrogens is 2. The van der Waals surface area contributed by atoms with Gasteiger partial charge in [0.2, 0.25) is 5.91 Å². The minimum atomic E-state index is -4.55. The van der Waals surface area contributed by atoms with Crippen LogP contribution in [0.3, 0.4) is 0 Å². The number of nitrogens with zero attached hydrogens (tertiary/aromatic N) is 2. The molecule has 4 rings (SSSR count). The van der Waals surface area contributed by atoms with Crippen LogP contribution in [-0.2, 0) is 17.5 Å². The van der Waals surface area contributed by atoms with Gasteiger partial charge in [-0.05, 0) is 36.4 Å². The Balaban J connectivity index is 1.51. The highest BCUT2D eigenvalue weighted by atomic mass is 19.4. The van der Waals surface area contributed by atoms with E-state index in [0.29, 0.717) is 10.8 Å². The fraction of sp³-hybridized carbons (Fsp3) is 0.0833. The van der Waals surface area contributed by atoms with Crippen molar-refractivity contribution in [1.29, 1.82) is 0 Å². The van der Waals surface area contributed by atoms with Gasteiger partial charge in [0.25, 0.3) is 11.5 Å². The van der Waals surface area contributed by atoms with Crippen LogP contribution in [0.2, 0.25) is 0 Å². The van der Waals surface area contributed by atoms with Gasteiger partial charge < -0.3 is 10.6 Å². The molecule has 0 aliphatic rings. The third-order valence-electron chi connectivity index (χ3n) is 4.95. The summed E-state index contributed by atoms with van der Waals surface area (Å²) in [6, 6.07) is 17.1. The first-order valence-electron chi connectivity index (χ1n) is 10.0. The maximum Gasteiger partial charge on any atom is 0.416 e. The Kier molecular flexibility index (Phi) is 6.13. The molecule has 34 heavy (non-hydrogen) atoms. The van der Waals surface area contributed by atoms with Crippen molar-refractivity contribution < 1.29 is 22.8 Å². The largest absolute Gasteiger partial charge is 0.416 e. The van der Waals surface area contributed by atoms with E-state index in [1.807, 2.05) is 0 Å². The molecule has 0 saturated heterocycles. The van der Waals surface area contributed by atoms with Crippen molar-refractivity contribution in [3.63, 3.8) is 0 Å². The van der Waals surface area contributed by atoms with Crippen LogP contribution in [0.5, 0.6) is 0 Å². The summed E-state index contributed by atoms with van der Waals surface area (Å²) >= 11 is 0. The molecule has 2 N–H and O–H groups in total. The average Bonchev–Trinajstić information content (AvgIpc) is 2.81. The molecule has 0 saturated carbocycles. The summed E-state index contributed by atoms with van der Waals surface area (Å²) in [6.45, 7) is -0.396. The van der Waals surface area contributed by atoms with E-state index in [-0.39, 0.29) is 16.9 Å². The number of halogens is 3. The molecular weight excluding hydrogens is 449 g/mol. The van der Waals surface area contributed by atoms with Gasteiger partial charge >= 0.3 is 6.18 Å². The molecule has 0 spiro atoms. The highest BCUT2D eigenvalue weighted by molar-refractivity contribution is 6.10. The van der Waals surface area contributed by atoms with Crippen LogP contribution in [0.25, 0.3) is 10.8 Å². The standard InChI is InChI=1S/C24H17F3N4O3/c25-24(26,27)16-7-5-8-17(12-16)29-22(33)19-10-3-4-11-20(19)30-21(32)14-31-23(34)18-9-2-1-6-15(18)13-28-31/h1-13H,14H2,(H,29,33)(H,30,32). The number of anilines is 2. The third-order valence-corrected chi connectivity index (χ3v) is 4.95. The maximum absolute atomic E-state index is 12.9. The minimum Gasteiger partial charge on any atom is -0.324 e. The van der Waals surface area contributed by atoms with Crippen LogP contribution in [0.15, 0.2) is 83.8 Å². The first-order chi connectivity index (χ1) is 16.2. The fourth-order valence-corrected chi connectivity index (χ4v) is 3.33. The van der Waals surface area contributed by atoms with Crippen LogP contribution in [0, 0.1) is 0 Å². The average molecular weight is 466 g/mol. The quantitative estimate of drug-likeness (QED) is 0.459. The van der Waals surface area contributed by atoms with Crippen LogP contribution in [0.4, 0.5) is 24.5 Å². The molecule has 7 nitrogen and oxygen atoms in total. The molecule has 3 aromatic carbocycles. The number of amides is 2. The van der Waals surface area contributed by atoms with Crippen molar-refractivity contribution in [3.8, 4) is 0 Å². The lowest BCUT2D eigenvalue weighted by atomic mass is 10.1. The number of alkyl halides is 3. The van der Waals surface area contributed by atoms with Crippen molar-refractivity contribution >= 4 is 34.0 Å². The minimum absolute atomic E-state index is 0.0343. The number of benzene rings is 3. The van der Waals surface area contributed by atoms with Crippen LogP contribution >= 0.6 is 0 Å². The van der Waals surface area contributed by atoms with Gasteiger partial charge in [-0.15, -0.1) is 0 Å². The number of hydrogen-bond donors (Lipinski definition) is 2. The first-order valence-corrected chi connectivity index (χ1v) is 10.0. The molecule has 0 bridgehead atoms. The normalized spacial score (nSPS) is 11.3. The predicted molar refractivity (Wildman–Crippen MR) is 120 cm³/mol. The molecular formula is C24H17F3N4O3. The number of nitrogens with one attached hydrogen (secondary N) is 2. The highest BCUT2D eigenvalue weighted by Crippen LogP contribution is 2.31. The molecule has 0 radical (unpaired) electrons. The Morgan fingerprint density at radius 2 is 1.65 bits per heavy atom. The Hall–Kier alpha value is -4.47. The van der Waals surface area contributed by atoms with Gasteiger partial charge in [-0.2, -0.15) is 18.3 Å². The smallest absolute Gasteiger partial charge is 0.324 e. The van der Waals surface area contributed by atoms with Crippen molar-refractivity contribution in [1.82, 2.24) is 9.78 Å². The Bertz CT molecular complexity index is 1450. The second-order valence-corrected chi connectivity index (χ2v) is 7.32. The molecule has 0 aliphatic carbocycles. The molecule has 1 heterocycles. The number of fused-ring (bicyclic) bond motifs is 1. The molecule has 0 atom stereocenters. The van der Waals surface area contributed by atoms with Crippen molar-refractivity contribution in [2.24, 2.45) is 0 Å². The topological polar surface area (TPSA) is 93.1 Å². The van der Waals surface area contributed by atoms with Crippen molar-refractivity contribution in [2.75, 3.05) is 10.6 Å². The van der Waals surface area contributed by atoms with E-state index in [2.05, 4.69) is 15.7 Å². The molecule has 172 valence electrons. The lowest BCUT2D eigenvalue weighted by molar-refractivity contribution is -0.137. The van der Waals surface area contributed by atoms with Crippen LogP contribution in [0.1, 0.15) is 15.9 Å². The second-order valence-electron chi connectivity index (χ2n) is 7.32. The van der Waals surface area contributed by atoms with E-state index < -0.39 is 35.7 Å². The summed E-state index contributed by atoms with van der Waals surface area (Å²) in [5, 5.41) is 10.0. The third kappa shape index (κ3) is 4.96. The van der Waals surface area contributed by atoms with Crippen LogP contribution < -0.4 is 16.2 Å². The summed E-state index contributed by atoms with van der Waals surface area (Å²) in [5.74, 6) is -1.32. The molecule has 4 aromatic rings. The molecule has 0 unspecified atom stereocenters. The van der Waals surface area contributed by atoms with E-state index in [9.17, 15) is 27.6 Å². The first kappa shape index (κ1) is 22.7. The van der Waals surface area contributed by atoms with Gasteiger partial charge in [0.15, 0.2) is 0 Å². The van der Waals surface area contributed by atoms with Crippen molar-refractivity contribution in [2.45, 2.75) is 12.7 Å². The zero-order valence-corrected chi connectivity index (χ0v) is 17.5. The Morgan fingerprint density at radius 1 is 0.912 bits per heavy atom. The molecule has 0 fully saturated rings. The summed E-state index contributed by atoms with van der Waals surface area (Å²) in [5.41, 5.74) is -1.23. The Morgan fingerprint density at radius 3 is 2.44 bits per heavy atom. The molecule has 2 amide bonds. The van der Waals surface area contributed by atoms with Gasteiger partial charge in [0.05, 0.1) is 28.4 Å². The van der Waals surface area contributed by atoms with Gasteiger partial charge in [0, 0.05) is 11.1 Å². The molecule has 0 aliphatic heterocycles. The number of hydrogen-bond acceptors (Lipinski definition) is 4. The van der Waals surface area contributed by atoms with E-state index >= 15 is 0 Å². The molecule has 10 heteroatoms. The number of rotatable bonds is 5. The summed E-state index contributed by atoms with van der Waals surface area (Å²) in [6.07, 6.45) is -3.08. The summed E-state index contributed by atoms with van der Waals surface area (Å²) in [7, 11) is 0. The second kappa shape index (κ2) is 9.18. The van der Waals surface area contributed by atoms with Gasteiger partial charge in [0.1, 0.15) is 6.54 Å². The zero-order chi connectivity index (χ0) is 24.3. The monoisotopic (exact) mass is 466 g/mol. The lowest BCUT2D eigenvalue weighted by Gasteiger charge is -2.13. The number of para-hydroxylation sites is 1. The Labute approximate surface area is 190 Å². The fourth-order valence-electron chi connectivity index (χ4n) is 3.33. The van der Waals surface area contributed by atoms with Gasteiger partial charge in [-0.3, -0.25) is 14.4 Å². The summed E-state index contributed by atoms with van der Waals surface area (Å²) < 4.78 is 39.8. The maximum atomic E-state index is 12.9. The van der Waals surface area contributed by atoms with Gasteiger partial charge in [-0.1, -0.05) is 36.4 Å².